The Balaban J connectivity index is 1.39. The quantitative estimate of drug-likeness (QED) is 0.677. The van der Waals surface area contributed by atoms with Crippen LogP contribution in [0.1, 0.15) is 23.2 Å². The number of hydrogen-bond acceptors (Lipinski definition) is 4. The molecule has 2 aromatic heterocycles. The Hall–Kier alpha value is -3.09. The van der Waals surface area contributed by atoms with Crippen molar-refractivity contribution in [2.24, 2.45) is 0 Å². The number of carbonyl (C=O) groups is 1. The number of benzene rings is 1. The van der Waals surface area contributed by atoms with Crippen LogP contribution in [0.25, 0.3) is 11.0 Å². The van der Waals surface area contributed by atoms with Crippen LogP contribution < -0.4 is 15.8 Å². The van der Waals surface area contributed by atoms with Gasteiger partial charge in [0.25, 0.3) is 11.5 Å². The molecule has 3 heterocycles. The summed E-state index contributed by atoms with van der Waals surface area (Å²) >= 11 is 0. The number of carbonyl (C=O) groups excluding carboxylic acids is 1. The van der Waals surface area contributed by atoms with Gasteiger partial charge in [-0.15, -0.1) is 0 Å². The van der Waals surface area contributed by atoms with Crippen molar-refractivity contribution in [2.45, 2.75) is 18.9 Å². The van der Waals surface area contributed by atoms with Crippen LogP contribution in [0.5, 0.6) is 0 Å². The smallest absolute Gasteiger partial charge is 0.260 e. The van der Waals surface area contributed by atoms with Gasteiger partial charge in [0, 0.05) is 25.3 Å². The van der Waals surface area contributed by atoms with Crippen LogP contribution in [0, 0.1) is 0 Å². The van der Waals surface area contributed by atoms with E-state index in [0.29, 0.717) is 0 Å². The zero-order chi connectivity index (χ0) is 17.2. The van der Waals surface area contributed by atoms with E-state index in [0.717, 1.165) is 42.9 Å². The molecule has 0 radical (unpaired) electrons. The fourth-order valence-electron chi connectivity index (χ4n) is 3.19. The number of H-pyrrole nitrogens is 2. The predicted octanol–water partition coefficient (Wildman–Crippen LogP) is 1.65. The van der Waals surface area contributed by atoms with E-state index in [2.05, 4.69) is 25.2 Å². The summed E-state index contributed by atoms with van der Waals surface area (Å²) in [5.41, 5.74) is 1.77. The first-order valence-corrected chi connectivity index (χ1v) is 8.39. The molecule has 1 amide bonds. The van der Waals surface area contributed by atoms with E-state index in [-0.39, 0.29) is 23.1 Å². The van der Waals surface area contributed by atoms with Crippen molar-refractivity contribution in [3.8, 4) is 0 Å². The van der Waals surface area contributed by atoms with Gasteiger partial charge in [-0.05, 0) is 37.1 Å². The van der Waals surface area contributed by atoms with Gasteiger partial charge in [0.05, 0.1) is 11.0 Å². The molecule has 7 nitrogen and oxygen atoms in total. The molecule has 0 unspecified atom stereocenters. The lowest BCUT2D eigenvalue weighted by Crippen LogP contribution is -2.45. The first-order chi connectivity index (χ1) is 12.2. The number of para-hydroxylation sites is 2. The van der Waals surface area contributed by atoms with Gasteiger partial charge >= 0.3 is 0 Å². The van der Waals surface area contributed by atoms with Crippen molar-refractivity contribution < 1.29 is 4.79 Å². The van der Waals surface area contributed by atoms with Gasteiger partial charge in [-0.25, -0.2) is 4.98 Å². The van der Waals surface area contributed by atoms with Crippen molar-refractivity contribution in [1.29, 1.82) is 0 Å². The van der Waals surface area contributed by atoms with Gasteiger partial charge in [-0.3, -0.25) is 9.59 Å². The van der Waals surface area contributed by atoms with Crippen LogP contribution in [-0.4, -0.2) is 40.0 Å². The number of fused-ring (bicyclic) bond motifs is 1. The molecule has 1 fully saturated rings. The molecule has 0 atom stereocenters. The Morgan fingerprint density at radius 3 is 2.72 bits per heavy atom. The molecule has 128 valence electrons. The van der Waals surface area contributed by atoms with Crippen LogP contribution in [0.2, 0.25) is 0 Å². The molecule has 7 heteroatoms. The number of hydrogen-bond donors (Lipinski definition) is 3. The average molecular weight is 337 g/mol. The number of rotatable bonds is 3. The molecule has 3 N–H and O–H groups in total. The predicted molar refractivity (Wildman–Crippen MR) is 95.9 cm³/mol. The summed E-state index contributed by atoms with van der Waals surface area (Å²) < 4.78 is 0. The molecular weight excluding hydrogens is 318 g/mol. The third kappa shape index (κ3) is 3.13. The van der Waals surface area contributed by atoms with E-state index in [1.807, 2.05) is 24.3 Å². The highest BCUT2D eigenvalue weighted by Gasteiger charge is 2.23. The Morgan fingerprint density at radius 1 is 1.16 bits per heavy atom. The maximum absolute atomic E-state index is 12.2. The highest BCUT2D eigenvalue weighted by molar-refractivity contribution is 5.93. The molecule has 1 aromatic carbocycles. The Bertz CT molecular complexity index is 920. The fraction of sp³-hybridized carbons (Fsp3) is 0.278. The second-order valence-electron chi connectivity index (χ2n) is 6.23. The monoisotopic (exact) mass is 337 g/mol. The third-order valence-electron chi connectivity index (χ3n) is 4.57. The summed E-state index contributed by atoms with van der Waals surface area (Å²) in [6.45, 7) is 1.60. The van der Waals surface area contributed by atoms with Gasteiger partial charge < -0.3 is 20.2 Å². The lowest BCUT2D eigenvalue weighted by molar-refractivity contribution is 0.0929. The minimum absolute atomic E-state index is 0.0627. The first-order valence-electron chi connectivity index (χ1n) is 8.39. The average Bonchev–Trinajstić information content (AvgIpc) is 3.07. The van der Waals surface area contributed by atoms with Gasteiger partial charge in [-0.2, -0.15) is 0 Å². The number of nitrogens with one attached hydrogen (secondary N) is 3. The highest BCUT2D eigenvalue weighted by atomic mass is 16.2. The van der Waals surface area contributed by atoms with E-state index in [1.54, 1.807) is 6.07 Å². The largest absolute Gasteiger partial charge is 0.349 e. The lowest BCUT2D eigenvalue weighted by Gasteiger charge is -2.32. The number of aromatic amines is 2. The van der Waals surface area contributed by atoms with Crippen LogP contribution in [-0.2, 0) is 0 Å². The number of nitrogens with zero attached hydrogens (tertiary/aromatic N) is 2. The van der Waals surface area contributed by atoms with Gasteiger partial charge in [0.15, 0.2) is 0 Å². The van der Waals surface area contributed by atoms with E-state index >= 15 is 0 Å². The van der Waals surface area contributed by atoms with Crippen molar-refractivity contribution in [2.75, 3.05) is 18.0 Å². The van der Waals surface area contributed by atoms with Crippen molar-refractivity contribution >= 4 is 22.9 Å². The summed E-state index contributed by atoms with van der Waals surface area (Å²) in [7, 11) is 0. The second kappa shape index (κ2) is 6.43. The molecule has 0 aliphatic carbocycles. The molecule has 1 saturated heterocycles. The minimum atomic E-state index is -0.361. The van der Waals surface area contributed by atoms with E-state index in [1.165, 1.54) is 12.3 Å². The summed E-state index contributed by atoms with van der Waals surface area (Å²) in [5, 5.41) is 2.96. The molecule has 1 aliphatic rings. The van der Waals surface area contributed by atoms with Gasteiger partial charge in [-0.1, -0.05) is 12.1 Å². The lowest BCUT2D eigenvalue weighted by atomic mass is 10.0. The maximum Gasteiger partial charge on any atom is 0.260 e. The molecule has 0 bridgehead atoms. The second-order valence-corrected chi connectivity index (χ2v) is 6.23. The molecule has 0 spiro atoms. The fourth-order valence-corrected chi connectivity index (χ4v) is 3.19. The zero-order valence-electron chi connectivity index (χ0n) is 13.7. The van der Waals surface area contributed by atoms with Crippen molar-refractivity contribution in [1.82, 2.24) is 20.3 Å². The normalized spacial score (nSPS) is 15.4. The van der Waals surface area contributed by atoms with Gasteiger partial charge in [0.2, 0.25) is 5.95 Å². The number of aromatic nitrogens is 3. The number of piperidine rings is 1. The number of imidazole rings is 1. The number of pyridine rings is 1. The zero-order valence-corrected chi connectivity index (χ0v) is 13.7. The van der Waals surface area contributed by atoms with E-state index in [9.17, 15) is 9.59 Å². The van der Waals surface area contributed by atoms with Crippen LogP contribution in [0.4, 0.5) is 5.95 Å². The Morgan fingerprint density at radius 2 is 1.96 bits per heavy atom. The third-order valence-corrected chi connectivity index (χ3v) is 4.57. The van der Waals surface area contributed by atoms with Gasteiger partial charge in [0.1, 0.15) is 5.56 Å². The van der Waals surface area contributed by atoms with Crippen molar-refractivity contribution in [3.63, 3.8) is 0 Å². The maximum atomic E-state index is 12.2. The molecule has 1 aliphatic heterocycles. The Labute approximate surface area is 144 Å². The van der Waals surface area contributed by atoms with Crippen LogP contribution in [0.3, 0.4) is 0 Å². The molecule has 0 saturated carbocycles. The SMILES string of the molecule is O=C(NC1CCN(c2nc3ccccc3[nH]2)CC1)c1ccc[nH]c1=O. The molecule has 4 rings (SSSR count). The molecule has 25 heavy (non-hydrogen) atoms. The summed E-state index contributed by atoms with van der Waals surface area (Å²) in [6.07, 6.45) is 3.14. The van der Waals surface area contributed by atoms with Crippen LogP contribution >= 0.6 is 0 Å². The number of amides is 1. The minimum Gasteiger partial charge on any atom is -0.349 e. The van der Waals surface area contributed by atoms with Crippen molar-refractivity contribution in [3.05, 3.63) is 58.5 Å². The topological polar surface area (TPSA) is 93.9 Å². The summed E-state index contributed by atoms with van der Waals surface area (Å²) in [6, 6.07) is 11.2. The van der Waals surface area contributed by atoms with E-state index < -0.39 is 0 Å². The first kappa shape index (κ1) is 15.4. The van der Waals surface area contributed by atoms with E-state index in [4.69, 9.17) is 0 Å². The summed E-state index contributed by atoms with van der Waals surface area (Å²) in [5.74, 6) is 0.550. The Kier molecular flexibility index (Phi) is 3.97. The summed E-state index contributed by atoms with van der Waals surface area (Å²) in [4.78, 5) is 36.6. The highest BCUT2D eigenvalue weighted by Crippen LogP contribution is 2.20. The molecular formula is C18H19N5O2. The number of anilines is 1. The standard InChI is InChI=1S/C18H19N5O2/c24-16-13(4-3-9-19-16)17(25)20-12-7-10-23(11-8-12)18-21-14-5-1-2-6-15(14)22-18/h1-6,9,12H,7-8,10-11H2,(H,19,24)(H,20,25)(H,21,22). The molecule has 3 aromatic rings. The van der Waals surface area contributed by atoms with Crippen LogP contribution in [0.15, 0.2) is 47.4 Å².